The van der Waals surface area contributed by atoms with Crippen molar-refractivity contribution in [2.45, 2.75) is 173 Å². The molecule has 0 aliphatic carbocycles. The van der Waals surface area contributed by atoms with E-state index in [1.807, 2.05) is 0 Å². The van der Waals surface area contributed by atoms with E-state index in [1.54, 1.807) is 69.2 Å². The van der Waals surface area contributed by atoms with Gasteiger partial charge in [-0.05, 0) is 113 Å². The van der Waals surface area contributed by atoms with Crippen LogP contribution in [0.2, 0.25) is 0 Å². The molecule has 7 N–H and O–H groups in total. The summed E-state index contributed by atoms with van der Waals surface area (Å²) >= 11 is 0. The van der Waals surface area contributed by atoms with Crippen molar-refractivity contribution >= 4 is 66.2 Å². The Bertz CT molecular complexity index is 2910. The number of carbonyl (C=O) groups is 10. The van der Waals surface area contributed by atoms with Gasteiger partial charge in [-0.3, -0.25) is 30.3 Å². The Labute approximate surface area is 593 Å². The van der Waals surface area contributed by atoms with Gasteiger partial charge in [0.25, 0.3) is 0 Å². The first-order valence-corrected chi connectivity index (χ1v) is 33.3. The summed E-state index contributed by atoms with van der Waals surface area (Å²) in [4.78, 5) is 136. The molecule has 2 saturated heterocycles. The van der Waals surface area contributed by atoms with E-state index in [1.165, 1.54) is 19.1 Å². The van der Waals surface area contributed by atoms with Crippen LogP contribution >= 0.6 is 0 Å². The second-order valence-electron chi connectivity index (χ2n) is 26.3. The number of aliphatic imine (C=N–C) groups is 1. The molecule has 2 fully saturated rings. The smallest absolute Gasteiger partial charge is 0.480 e. The molecule has 0 radical (unpaired) electrons. The molecule has 0 spiro atoms. The number of guanidine groups is 1. The van der Waals surface area contributed by atoms with Crippen LogP contribution in [0.3, 0.4) is 0 Å². The molecule has 6 amide bonds. The summed E-state index contributed by atoms with van der Waals surface area (Å²) in [6.45, 7) is 24.3. The van der Waals surface area contributed by atoms with E-state index in [0.717, 1.165) is 14.2 Å². The zero-order valence-corrected chi connectivity index (χ0v) is 60.5. The molecular weight excluding hydrogens is 1350 g/mol. The van der Waals surface area contributed by atoms with Crippen molar-refractivity contribution in [3.8, 4) is 12.3 Å². The van der Waals surface area contributed by atoms with Gasteiger partial charge in [0, 0.05) is 32.5 Å². The molecule has 4 aliphatic rings. The van der Waals surface area contributed by atoms with Gasteiger partial charge in [-0.1, -0.05) is 19.4 Å². The van der Waals surface area contributed by atoms with E-state index in [4.69, 9.17) is 87.0 Å². The molecular formula is C66H103N9O27. The summed E-state index contributed by atoms with van der Waals surface area (Å²) in [6.07, 6.45) is -2.45. The second-order valence-corrected chi connectivity index (χ2v) is 26.3. The average molecular weight is 1450 g/mol. The highest BCUT2D eigenvalue weighted by molar-refractivity contribution is 6.01. The SMILES string of the molecule is C#CCOCCOCCOCCOCCN(CCCCNC(=O)CO[C@@H]([C@@H]1OC(C(=O)OC)=C[C@H](N=C(NC(=O)OC(C)(C)C)NC(=O)OC(C)(C)C)[C@H]1C)[C@H]1COC(=O)O1)CCCCNC(=O)CO[C@@H]([C@@H]1OC(C(=O)OC)=C[C@H](NC(=C)NC(=O)OC(C)(C)C)[C@H]1NC(C)=O)[C@H]1COC(=O)O1. The molecule has 0 unspecified atom stereocenters. The van der Waals surface area contributed by atoms with Gasteiger partial charge >= 0.3 is 42.5 Å². The van der Waals surface area contributed by atoms with Crippen LogP contribution in [-0.4, -0.2) is 269 Å². The molecule has 4 aliphatic heterocycles. The standard InChI is InChI=1S/C66H103N9O27/c1-16-26-88-28-30-90-32-33-91-31-29-89-27-25-75(24-20-18-22-68-50(78)39-93-54(48-37-95-63(85)99-48)55-51(71-42(4)76)44(35-46(97-55)57(80)87-15)69-41(3)70-59(81)100-64(5,6)7)23-19-17-21-67-49(77)38-92-53(47-36-94-62(84)98-47)52-40(2)43(34-45(96-52)56(79)86-14)72-58(73-60(82)101-65(8,9)10)74-61(83)102-66(11,12)13/h1,34-35,40,43-44,47-48,51-55,69H,3,17-33,36-39H2,2,4-15H3,(H,67,77)(H,68,78)(H,70,81)(H,71,76)(H2,72,73,74,82,83)/t40-,43+,44+,47-,48-,51-,52-,53-,54-,55-/m1/s1. The second kappa shape index (κ2) is 43.3. The number of nitrogens with one attached hydrogen (secondary N) is 7. The number of carbonyl (C=O) groups excluding carboxylic acids is 10. The Balaban J connectivity index is 1.40. The summed E-state index contributed by atoms with van der Waals surface area (Å²) in [5.41, 5.74) is -2.77. The molecule has 0 aromatic carbocycles. The summed E-state index contributed by atoms with van der Waals surface area (Å²) in [6, 6.07) is -3.30. The Morgan fingerprint density at radius 2 is 1.05 bits per heavy atom. The fourth-order valence-corrected chi connectivity index (χ4v) is 9.98. The predicted molar refractivity (Wildman–Crippen MR) is 357 cm³/mol. The number of esters is 2. The van der Waals surface area contributed by atoms with Crippen molar-refractivity contribution in [1.29, 1.82) is 0 Å². The van der Waals surface area contributed by atoms with Gasteiger partial charge in [0.15, 0.2) is 18.3 Å². The Kier molecular flexibility index (Phi) is 36.4. The summed E-state index contributed by atoms with van der Waals surface area (Å²) in [7, 11) is 2.23. The molecule has 4 heterocycles. The third-order valence-corrected chi connectivity index (χ3v) is 14.3. The minimum Gasteiger partial charge on any atom is -0.480 e. The monoisotopic (exact) mass is 1450 g/mol. The third kappa shape index (κ3) is 33.4. The zero-order valence-electron chi connectivity index (χ0n) is 60.5. The van der Waals surface area contributed by atoms with Crippen molar-refractivity contribution in [2.75, 3.05) is 126 Å². The number of alkyl carbamates (subject to hydrolysis) is 3. The minimum atomic E-state index is -1.38. The van der Waals surface area contributed by atoms with Gasteiger partial charge in [0.05, 0.1) is 78.6 Å². The van der Waals surface area contributed by atoms with Gasteiger partial charge in [-0.25, -0.2) is 38.6 Å². The molecule has 0 aromatic heterocycles. The molecule has 574 valence electrons. The van der Waals surface area contributed by atoms with Crippen molar-refractivity contribution in [2.24, 2.45) is 10.9 Å². The van der Waals surface area contributed by atoms with Crippen LogP contribution in [0, 0.1) is 18.3 Å². The average Bonchev–Trinajstić information content (AvgIpc) is 1.19. The number of hydrogen-bond donors (Lipinski definition) is 7. The number of unbranched alkanes of at least 4 members (excludes halogenated alkanes) is 2. The normalized spacial score (nSPS) is 20.7. The largest absolute Gasteiger partial charge is 0.508 e. The molecule has 0 aromatic rings. The molecule has 0 bridgehead atoms. The van der Waals surface area contributed by atoms with Gasteiger partial charge in [-0.15, -0.1) is 6.42 Å². The highest BCUT2D eigenvalue weighted by Gasteiger charge is 2.50. The van der Waals surface area contributed by atoms with Crippen LogP contribution in [0.1, 0.15) is 102 Å². The lowest BCUT2D eigenvalue weighted by atomic mass is 9.87. The first-order valence-electron chi connectivity index (χ1n) is 33.3. The molecule has 10 atom stereocenters. The maximum absolute atomic E-state index is 13.5. The van der Waals surface area contributed by atoms with E-state index in [0.29, 0.717) is 91.6 Å². The lowest BCUT2D eigenvalue weighted by Crippen LogP contribution is -2.64. The number of nitrogens with zero attached hydrogens (tertiary/aromatic N) is 2. The number of rotatable bonds is 40. The summed E-state index contributed by atoms with van der Waals surface area (Å²) < 4.78 is 93.8. The predicted octanol–water partition coefficient (Wildman–Crippen LogP) is 2.40. The number of hydrogen-bond acceptors (Lipinski definition) is 30. The van der Waals surface area contributed by atoms with Gasteiger partial charge in [0.2, 0.25) is 35.2 Å². The number of amides is 6. The van der Waals surface area contributed by atoms with Crippen LogP contribution < -0.4 is 37.2 Å². The highest BCUT2D eigenvalue weighted by atomic mass is 16.8. The molecule has 0 saturated carbocycles. The van der Waals surface area contributed by atoms with Gasteiger partial charge in [-0.2, -0.15) is 0 Å². The highest BCUT2D eigenvalue weighted by Crippen LogP contribution is 2.33. The Morgan fingerprint density at radius 3 is 1.49 bits per heavy atom. The van der Waals surface area contributed by atoms with Crippen molar-refractivity contribution < 1.29 is 128 Å². The first-order chi connectivity index (χ1) is 48.2. The lowest BCUT2D eigenvalue weighted by molar-refractivity contribution is -0.156. The van der Waals surface area contributed by atoms with Crippen molar-refractivity contribution in [3.05, 3.63) is 36.1 Å². The lowest BCUT2D eigenvalue weighted by Gasteiger charge is -2.41. The zero-order chi connectivity index (χ0) is 75.6. The molecule has 102 heavy (non-hydrogen) atoms. The quantitative estimate of drug-likeness (QED) is 0.0116. The molecule has 4 rings (SSSR count). The minimum absolute atomic E-state index is 0.0927. The fourth-order valence-electron chi connectivity index (χ4n) is 9.98. The van der Waals surface area contributed by atoms with Gasteiger partial charge in [0.1, 0.15) is 74.0 Å². The number of terminal acetylenes is 1. The maximum Gasteiger partial charge on any atom is 0.508 e. The summed E-state index contributed by atoms with van der Waals surface area (Å²) in [5.74, 6) is -3.17. The maximum atomic E-state index is 13.5. The number of cyclic esters (lactones) is 4. The van der Waals surface area contributed by atoms with Gasteiger partial charge < -0.3 is 107 Å². The topological polar surface area (TPSA) is 427 Å². The van der Waals surface area contributed by atoms with Crippen molar-refractivity contribution in [3.63, 3.8) is 0 Å². The van der Waals surface area contributed by atoms with Crippen LogP contribution in [0.15, 0.2) is 41.1 Å². The van der Waals surface area contributed by atoms with Crippen LogP contribution in [0.5, 0.6) is 0 Å². The number of ether oxygens (including phenoxy) is 17. The van der Waals surface area contributed by atoms with Crippen molar-refractivity contribution in [1.82, 2.24) is 42.1 Å². The van der Waals surface area contributed by atoms with Crippen LogP contribution in [-0.2, 0) is 104 Å². The molecule has 36 nitrogen and oxygen atoms in total. The van der Waals surface area contributed by atoms with E-state index >= 15 is 0 Å². The number of methoxy groups -OCH3 is 2. The Hall–Kier alpha value is -8.73. The van der Waals surface area contributed by atoms with Crippen LogP contribution in [0.4, 0.5) is 24.0 Å². The Morgan fingerprint density at radius 1 is 0.608 bits per heavy atom. The van der Waals surface area contributed by atoms with Crippen LogP contribution in [0.25, 0.3) is 0 Å². The summed E-state index contributed by atoms with van der Waals surface area (Å²) in [5, 5.41) is 18.7. The third-order valence-electron chi connectivity index (χ3n) is 14.3. The van der Waals surface area contributed by atoms with E-state index < -0.39 is 157 Å². The fraction of sp³-hybridized carbons (Fsp3) is 0.712. The molecule has 36 heteroatoms. The van der Waals surface area contributed by atoms with E-state index in [2.05, 4.69) is 59.6 Å². The first kappa shape index (κ1) is 85.7. The van der Waals surface area contributed by atoms with E-state index in [9.17, 15) is 47.9 Å². The van der Waals surface area contributed by atoms with E-state index in [-0.39, 0.29) is 50.2 Å².